The van der Waals surface area contributed by atoms with E-state index in [1.165, 1.54) is 0 Å². The molecule has 2 aromatic rings. The van der Waals surface area contributed by atoms with E-state index in [9.17, 15) is 0 Å². The van der Waals surface area contributed by atoms with Crippen LogP contribution in [0, 0.1) is 0 Å². The molecule has 0 bridgehead atoms. The van der Waals surface area contributed by atoms with Gasteiger partial charge in [-0.15, -0.1) is 0 Å². The van der Waals surface area contributed by atoms with Crippen LogP contribution in [0.15, 0.2) is 45.5 Å². The summed E-state index contributed by atoms with van der Waals surface area (Å²) in [5.41, 5.74) is 7.17. The number of halogens is 1. The van der Waals surface area contributed by atoms with Crippen LogP contribution in [-0.2, 0) is 0 Å². The number of rotatable bonds is 6. The van der Waals surface area contributed by atoms with Gasteiger partial charge in [-0.25, -0.2) is 0 Å². The molecule has 1 aromatic heterocycles. The topological polar surface area (TPSA) is 48.4 Å². The summed E-state index contributed by atoms with van der Waals surface area (Å²) >= 11 is 3.42. The van der Waals surface area contributed by atoms with E-state index in [4.69, 9.17) is 14.9 Å². The Labute approximate surface area is 121 Å². The second-order valence-electron chi connectivity index (χ2n) is 4.38. The molecule has 0 aliphatic heterocycles. The minimum atomic E-state index is -0.269. The summed E-state index contributed by atoms with van der Waals surface area (Å²) in [6, 6.07) is 9.41. The van der Waals surface area contributed by atoms with Gasteiger partial charge in [0.05, 0.1) is 23.4 Å². The average molecular weight is 324 g/mol. The minimum Gasteiger partial charge on any atom is -0.494 e. The van der Waals surface area contributed by atoms with Gasteiger partial charge in [0.2, 0.25) is 0 Å². The van der Waals surface area contributed by atoms with E-state index in [0.717, 1.165) is 41.0 Å². The summed E-state index contributed by atoms with van der Waals surface area (Å²) in [7, 11) is 0. The quantitative estimate of drug-likeness (QED) is 0.807. The maximum Gasteiger partial charge on any atom is 0.139 e. The molecule has 3 nitrogen and oxygen atoms in total. The highest BCUT2D eigenvalue weighted by molar-refractivity contribution is 9.10. The van der Waals surface area contributed by atoms with Gasteiger partial charge < -0.3 is 14.9 Å². The van der Waals surface area contributed by atoms with Gasteiger partial charge in [-0.3, -0.25) is 0 Å². The molecule has 0 radical (unpaired) electrons. The Bertz CT molecular complexity index is 507. The van der Waals surface area contributed by atoms with Crippen molar-refractivity contribution in [3.63, 3.8) is 0 Å². The number of benzene rings is 1. The standard InChI is InChI=1S/C15H18BrNO2/c1-2-3-9-18-12-6-4-11(5-7-12)14(17)15-13(16)8-10-19-15/h4-8,10,14H,2-3,9,17H2,1H3. The van der Waals surface area contributed by atoms with E-state index in [-0.39, 0.29) is 6.04 Å². The summed E-state index contributed by atoms with van der Waals surface area (Å²) in [5.74, 6) is 1.61. The smallest absolute Gasteiger partial charge is 0.139 e. The molecule has 102 valence electrons. The molecular formula is C15H18BrNO2. The first-order valence-corrected chi connectivity index (χ1v) is 7.23. The van der Waals surface area contributed by atoms with Crippen molar-refractivity contribution in [2.45, 2.75) is 25.8 Å². The van der Waals surface area contributed by atoms with Crippen molar-refractivity contribution in [2.75, 3.05) is 6.61 Å². The van der Waals surface area contributed by atoms with Gasteiger partial charge in [0.25, 0.3) is 0 Å². The zero-order valence-corrected chi connectivity index (χ0v) is 12.5. The molecule has 0 fully saturated rings. The molecule has 0 spiro atoms. The van der Waals surface area contributed by atoms with Gasteiger partial charge in [0.15, 0.2) is 0 Å². The lowest BCUT2D eigenvalue weighted by Crippen LogP contribution is -2.11. The fraction of sp³-hybridized carbons (Fsp3) is 0.333. The summed E-state index contributed by atoms with van der Waals surface area (Å²) in [5, 5.41) is 0. The molecule has 4 heteroatoms. The van der Waals surface area contributed by atoms with Crippen LogP contribution in [0.3, 0.4) is 0 Å². The van der Waals surface area contributed by atoms with Crippen molar-refractivity contribution in [3.8, 4) is 5.75 Å². The number of ether oxygens (including phenoxy) is 1. The van der Waals surface area contributed by atoms with E-state index >= 15 is 0 Å². The first kappa shape index (κ1) is 14.2. The lowest BCUT2D eigenvalue weighted by atomic mass is 10.1. The van der Waals surface area contributed by atoms with Crippen LogP contribution in [0.1, 0.15) is 37.1 Å². The van der Waals surface area contributed by atoms with Crippen LogP contribution >= 0.6 is 15.9 Å². The highest BCUT2D eigenvalue weighted by Gasteiger charge is 2.15. The Morgan fingerprint density at radius 1 is 1.26 bits per heavy atom. The summed E-state index contributed by atoms with van der Waals surface area (Å²) < 4.78 is 11.9. The third-order valence-corrected chi connectivity index (χ3v) is 3.59. The summed E-state index contributed by atoms with van der Waals surface area (Å²) in [6.07, 6.45) is 3.83. The molecule has 1 aromatic carbocycles. The third kappa shape index (κ3) is 3.61. The molecule has 0 saturated heterocycles. The summed E-state index contributed by atoms with van der Waals surface area (Å²) in [6.45, 7) is 2.90. The highest BCUT2D eigenvalue weighted by atomic mass is 79.9. The van der Waals surface area contributed by atoms with Crippen molar-refractivity contribution in [2.24, 2.45) is 5.73 Å². The second kappa shape index (κ2) is 6.78. The monoisotopic (exact) mass is 323 g/mol. The van der Waals surface area contributed by atoms with Gasteiger partial charge in [-0.2, -0.15) is 0 Å². The Morgan fingerprint density at radius 3 is 2.58 bits per heavy atom. The van der Waals surface area contributed by atoms with Crippen LogP contribution in [0.4, 0.5) is 0 Å². The van der Waals surface area contributed by atoms with Gasteiger partial charge >= 0.3 is 0 Å². The number of nitrogens with two attached hydrogens (primary N) is 1. The Kier molecular flexibility index (Phi) is 5.05. The molecule has 0 aliphatic carbocycles. The van der Waals surface area contributed by atoms with Crippen molar-refractivity contribution in [1.29, 1.82) is 0 Å². The van der Waals surface area contributed by atoms with Gasteiger partial charge in [-0.05, 0) is 46.1 Å². The highest BCUT2D eigenvalue weighted by Crippen LogP contribution is 2.28. The lowest BCUT2D eigenvalue weighted by molar-refractivity contribution is 0.309. The lowest BCUT2D eigenvalue weighted by Gasteiger charge is -2.11. The van der Waals surface area contributed by atoms with Crippen molar-refractivity contribution >= 4 is 15.9 Å². The molecule has 1 unspecified atom stereocenters. The Balaban J connectivity index is 2.04. The maximum atomic E-state index is 6.17. The van der Waals surface area contributed by atoms with Gasteiger partial charge in [-0.1, -0.05) is 25.5 Å². The molecule has 2 rings (SSSR count). The van der Waals surface area contributed by atoms with Gasteiger partial charge in [0, 0.05) is 0 Å². The maximum absolute atomic E-state index is 6.17. The van der Waals surface area contributed by atoms with E-state index < -0.39 is 0 Å². The van der Waals surface area contributed by atoms with Crippen LogP contribution in [-0.4, -0.2) is 6.61 Å². The minimum absolute atomic E-state index is 0.269. The fourth-order valence-electron chi connectivity index (χ4n) is 1.78. The largest absolute Gasteiger partial charge is 0.494 e. The normalized spacial score (nSPS) is 12.4. The van der Waals surface area contributed by atoms with Crippen molar-refractivity contribution < 1.29 is 9.15 Å². The van der Waals surface area contributed by atoms with E-state index in [0.29, 0.717) is 0 Å². The first-order valence-electron chi connectivity index (χ1n) is 6.43. The van der Waals surface area contributed by atoms with Crippen LogP contribution < -0.4 is 10.5 Å². The van der Waals surface area contributed by atoms with Gasteiger partial charge in [0.1, 0.15) is 11.5 Å². The van der Waals surface area contributed by atoms with Crippen molar-refractivity contribution in [3.05, 3.63) is 52.4 Å². The van der Waals surface area contributed by atoms with Crippen LogP contribution in [0.5, 0.6) is 5.75 Å². The van der Waals surface area contributed by atoms with Crippen LogP contribution in [0.2, 0.25) is 0 Å². The average Bonchev–Trinajstić information content (AvgIpc) is 2.85. The Hall–Kier alpha value is -1.26. The molecule has 0 amide bonds. The Morgan fingerprint density at radius 2 is 2.00 bits per heavy atom. The van der Waals surface area contributed by atoms with E-state index in [2.05, 4.69) is 22.9 Å². The number of furan rings is 1. The third-order valence-electron chi connectivity index (χ3n) is 2.93. The first-order chi connectivity index (χ1) is 9.22. The zero-order valence-electron chi connectivity index (χ0n) is 10.9. The molecule has 0 aliphatic rings. The number of hydrogen-bond acceptors (Lipinski definition) is 3. The zero-order chi connectivity index (χ0) is 13.7. The molecule has 0 saturated carbocycles. The molecule has 19 heavy (non-hydrogen) atoms. The van der Waals surface area contributed by atoms with E-state index in [1.807, 2.05) is 30.3 Å². The molecule has 1 atom stereocenters. The van der Waals surface area contributed by atoms with Crippen molar-refractivity contribution in [1.82, 2.24) is 0 Å². The number of hydrogen-bond donors (Lipinski definition) is 1. The predicted molar refractivity (Wildman–Crippen MR) is 79.3 cm³/mol. The second-order valence-corrected chi connectivity index (χ2v) is 5.24. The molecule has 2 N–H and O–H groups in total. The number of unbranched alkanes of at least 4 members (excludes halogenated alkanes) is 1. The van der Waals surface area contributed by atoms with E-state index in [1.54, 1.807) is 6.26 Å². The summed E-state index contributed by atoms with van der Waals surface area (Å²) in [4.78, 5) is 0. The molecule has 1 heterocycles. The molecular weight excluding hydrogens is 306 g/mol. The fourth-order valence-corrected chi connectivity index (χ4v) is 2.23. The van der Waals surface area contributed by atoms with Crippen LogP contribution in [0.25, 0.3) is 0 Å². The SMILES string of the molecule is CCCCOc1ccc(C(N)c2occc2Br)cc1. The predicted octanol–water partition coefficient (Wildman–Crippen LogP) is 4.27.